The fourth-order valence-electron chi connectivity index (χ4n) is 1.24. The lowest BCUT2D eigenvalue weighted by Crippen LogP contribution is -2.29. The fraction of sp³-hybridized carbons (Fsp3) is 0.500. The maximum Gasteiger partial charge on any atom is 0.228 e. The first-order valence-electron chi connectivity index (χ1n) is 4.62. The number of unbranched alkanes of at least 4 members (excludes halogenated alkanes) is 1. The van der Waals surface area contributed by atoms with Crippen molar-refractivity contribution in [3.05, 3.63) is 30.1 Å². The second-order valence-corrected chi connectivity index (χ2v) is 3.18. The van der Waals surface area contributed by atoms with E-state index >= 15 is 0 Å². The van der Waals surface area contributed by atoms with E-state index < -0.39 is 6.10 Å². The summed E-state index contributed by atoms with van der Waals surface area (Å²) in [6.07, 6.45) is 5.42. The van der Waals surface area contributed by atoms with Gasteiger partial charge >= 0.3 is 0 Å². The number of aliphatic hydroxyl groups is 1. The van der Waals surface area contributed by atoms with Gasteiger partial charge in [-0.2, -0.15) is 0 Å². The Balaban J connectivity index is 2.60. The maximum absolute atomic E-state index is 9.65. The van der Waals surface area contributed by atoms with Crippen molar-refractivity contribution in [2.75, 3.05) is 0 Å². The molecule has 1 aromatic rings. The molecule has 0 aliphatic rings. The lowest BCUT2D eigenvalue weighted by molar-refractivity contribution is -0.905. The molecule has 1 atom stereocenters. The normalized spacial score (nSPS) is 12.8. The highest BCUT2D eigenvalue weighted by Crippen LogP contribution is 2.16. The zero-order valence-electron chi connectivity index (χ0n) is 7.85. The van der Waals surface area contributed by atoms with Gasteiger partial charge in [-0.3, -0.25) is 5.21 Å². The van der Waals surface area contributed by atoms with Gasteiger partial charge < -0.3 is 5.11 Å². The molecule has 13 heavy (non-hydrogen) atoms. The van der Waals surface area contributed by atoms with Crippen LogP contribution in [0.3, 0.4) is 0 Å². The van der Waals surface area contributed by atoms with Crippen LogP contribution in [0.25, 0.3) is 0 Å². The summed E-state index contributed by atoms with van der Waals surface area (Å²) in [4.78, 5) is 0. The van der Waals surface area contributed by atoms with Gasteiger partial charge in [-0.15, -0.1) is 0 Å². The van der Waals surface area contributed by atoms with E-state index in [0.29, 0.717) is 0 Å². The van der Waals surface area contributed by atoms with Gasteiger partial charge in [0.1, 0.15) is 0 Å². The van der Waals surface area contributed by atoms with Gasteiger partial charge in [0.05, 0.1) is 6.10 Å². The number of hydrogen-bond donors (Lipinski definition) is 2. The van der Waals surface area contributed by atoms with Gasteiger partial charge in [0.2, 0.25) is 12.4 Å². The first-order chi connectivity index (χ1) is 6.24. The SMILES string of the molecule is CCCCC(O)c1ccc[n+](O)c1. The number of aliphatic hydroxyl groups excluding tert-OH is 1. The highest BCUT2D eigenvalue weighted by Gasteiger charge is 2.10. The van der Waals surface area contributed by atoms with Crippen LogP contribution in [-0.4, -0.2) is 10.3 Å². The Morgan fingerprint density at radius 3 is 2.92 bits per heavy atom. The standard InChI is InChI=1S/C10H16NO2/c1-2-3-6-10(12)9-5-4-7-11(13)8-9/h4-5,7-8,10,12-13H,2-3,6H2,1H3/q+1. The molecule has 0 saturated carbocycles. The summed E-state index contributed by atoms with van der Waals surface area (Å²) in [5, 5.41) is 18.7. The molecule has 3 nitrogen and oxygen atoms in total. The van der Waals surface area contributed by atoms with Gasteiger partial charge in [-0.25, -0.2) is 0 Å². The first kappa shape index (κ1) is 9.99. The van der Waals surface area contributed by atoms with Gasteiger partial charge in [0, 0.05) is 16.4 Å². The van der Waals surface area contributed by atoms with Crippen molar-refractivity contribution in [2.24, 2.45) is 0 Å². The Bertz CT molecular complexity index is 263. The predicted molar refractivity (Wildman–Crippen MR) is 48.3 cm³/mol. The summed E-state index contributed by atoms with van der Waals surface area (Å²) in [5.41, 5.74) is 0.762. The van der Waals surface area contributed by atoms with E-state index in [0.717, 1.165) is 29.6 Å². The topological polar surface area (TPSA) is 44.3 Å². The Labute approximate surface area is 78.2 Å². The third-order valence-electron chi connectivity index (χ3n) is 2.02. The molecule has 0 bridgehead atoms. The summed E-state index contributed by atoms with van der Waals surface area (Å²) in [6.45, 7) is 2.09. The smallest absolute Gasteiger partial charge is 0.228 e. The second kappa shape index (κ2) is 4.82. The minimum atomic E-state index is -0.459. The zero-order chi connectivity index (χ0) is 9.68. The van der Waals surface area contributed by atoms with Crippen LogP contribution >= 0.6 is 0 Å². The minimum absolute atomic E-state index is 0.459. The highest BCUT2D eigenvalue weighted by atomic mass is 16.5. The van der Waals surface area contributed by atoms with E-state index in [4.69, 9.17) is 5.21 Å². The van der Waals surface area contributed by atoms with E-state index in [2.05, 4.69) is 6.92 Å². The Morgan fingerprint density at radius 1 is 1.54 bits per heavy atom. The van der Waals surface area contributed by atoms with Gasteiger partial charge in [0.15, 0.2) is 0 Å². The zero-order valence-corrected chi connectivity index (χ0v) is 7.85. The summed E-state index contributed by atoms with van der Waals surface area (Å²) in [6, 6.07) is 3.53. The van der Waals surface area contributed by atoms with Crippen LogP contribution in [0.5, 0.6) is 0 Å². The molecule has 1 rings (SSSR count). The van der Waals surface area contributed by atoms with E-state index in [1.54, 1.807) is 6.07 Å². The minimum Gasteiger partial charge on any atom is -0.388 e. The summed E-state index contributed by atoms with van der Waals surface area (Å²) < 4.78 is 0.963. The average molecular weight is 182 g/mol. The summed E-state index contributed by atoms with van der Waals surface area (Å²) >= 11 is 0. The van der Waals surface area contributed by atoms with Crippen molar-refractivity contribution in [1.82, 2.24) is 0 Å². The molecule has 1 unspecified atom stereocenters. The fourth-order valence-corrected chi connectivity index (χ4v) is 1.24. The van der Waals surface area contributed by atoms with E-state index in [1.807, 2.05) is 6.07 Å². The molecule has 0 fully saturated rings. The van der Waals surface area contributed by atoms with E-state index in [-0.39, 0.29) is 0 Å². The van der Waals surface area contributed by atoms with E-state index in [9.17, 15) is 5.11 Å². The Morgan fingerprint density at radius 2 is 2.31 bits per heavy atom. The maximum atomic E-state index is 9.65. The van der Waals surface area contributed by atoms with Crippen LogP contribution < -0.4 is 4.73 Å². The largest absolute Gasteiger partial charge is 0.388 e. The van der Waals surface area contributed by atoms with Crippen LogP contribution in [0, 0.1) is 0 Å². The number of aromatic nitrogens is 1. The predicted octanol–water partition coefficient (Wildman–Crippen LogP) is 1.43. The molecule has 0 amide bonds. The molecule has 0 saturated heterocycles. The molecule has 0 aromatic carbocycles. The first-order valence-corrected chi connectivity index (χ1v) is 4.62. The molecule has 72 valence electrons. The van der Waals surface area contributed by atoms with Crippen molar-refractivity contribution in [3.8, 4) is 0 Å². The molecule has 1 aromatic heterocycles. The molecule has 1 heterocycles. The third kappa shape index (κ3) is 3.03. The molecule has 0 aliphatic heterocycles. The average Bonchev–Trinajstić information content (AvgIpc) is 2.14. The summed E-state index contributed by atoms with van der Waals surface area (Å²) in [7, 11) is 0. The monoisotopic (exact) mass is 182 g/mol. The molecular formula is C10H16NO2+. The van der Waals surface area contributed by atoms with E-state index in [1.165, 1.54) is 12.4 Å². The third-order valence-corrected chi connectivity index (χ3v) is 2.02. The second-order valence-electron chi connectivity index (χ2n) is 3.18. The molecule has 0 spiro atoms. The molecule has 2 N–H and O–H groups in total. The number of rotatable bonds is 4. The number of hydrogen-bond acceptors (Lipinski definition) is 2. The van der Waals surface area contributed by atoms with Crippen LogP contribution in [0.2, 0.25) is 0 Å². The highest BCUT2D eigenvalue weighted by molar-refractivity contribution is 5.08. The lowest BCUT2D eigenvalue weighted by Gasteiger charge is -2.06. The van der Waals surface area contributed by atoms with Crippen molar-refractivity contribution in [2.45, 2.75) is 32.3 Å². The van der Waals surface area contributed by atoms with Crippen molar-refractivity contribution >= 4 is 0 Å². The Kier molecular flexibility index (Phi) is 3.71. The molecule has 3 heteroatoms. The van der Waals surface area contributed by atoms with Crippen molar-refractivity contribution in [1.29, 1.82) is 0 Å². The van der Waals surface area contributed by atoms with Gasteiger partial charge in [-0.1, -0.05) is 19.8 Å². The van der Waals surface area contributed by atoms with Gasteiger partial charge in [0.25, 0.3) is 0 Å². The molecule has 0 aliphatic carbocycles. The van der Waals surface area contributed by atoms with Crippen LogP contribution in [-0.2, 0) is 0 Å². The van der Waals surface area contributed by atoms with Gasteiger partial charge in [-0.05, 0) is 12.5 Å². The molecule has 0 radical (unpaired) electrons. The van der Waals surface area contributed by atoms with Crippen molar-refractivity contribution < 1.29 is 15.0 Å². The number of pyridine rings is 1. The lowest BCUT2D eigenvalue weighted by atomic mass is 10.1. The van der Waals surface area contributed by atoms with Crippen LogP contribution in [0.4, 0.5) is 0 Å². The number of nitrogens with zero attached hydrogens (tertiary/aromatic N) is 1. The quantitative estimate of drug-likeness (QED) is 0.546. The Hall–Kier alpha value is -1.09. The van der Waals surface area contributed by atoms with Crippen LogP contribution in [0.1, 0.15) is 37.9 Å². The van der Waals surface area contributed by atoms with Crippen molar-refractivity contribution in [3.63, 3.8) is 0 Å². The summed E-state index contributed by atoms with van der Waals surface area (Å²) in [5.74, 6) is 0. The van der Waals surface area contributed by atoms with Crippen LogP contribution in [0.15, 0.2) is 24.5 Å². The molecular weight excluding hydrogens is 166 g/mol.